The van der Waals surface area contributed by atoms with E-state index in [0.29, 0.717) is 5.76 Å². The molecule has 0 aliphatic carbocycles. The average molecular weight is 320 g/mol. The molecule has 0 saturated heterocycles. The molecule has 4 nitrogen and oxygen atoms in total. The largest absolute Gasteiger partial charge is 0.468 e. The van der Waals surface area contributed by atoms with Gasteiger partial charge in [-0.3, -0.25) is 0 Å². The monoisotopic (exact) mass is 319 g/mol. The Hall–Kier alpha value is -1.01. The van der Waals surface area contributed by atoms with Crippen molar-refractivity contribution in [3.63, 3.8) is 0 Å². The Bertz CT molecular complexity index is 668. The maximum Gasteiger partial charge on any atom is 0.242 e. The number of halogens is 2. The van der Waals surface area contributed by atoms with Crippen LogP contribution in [-0.4, -0.2) is 8.42 Å². The molecular formula is C12H11Cl2NO3S. The van der Waals surface area contributed by atoms with Gasteiger partial charge in [0.2, 0.25) is 10.0 Å². The Labute approximate surface area is 121 Å². The van der Waals surface area contributed by atoms with Crippen molar-refractivity contribution in [3.05, 3.63) is 52.4 Å². The van der Waals surface area contributed by atoms with E-state index in [4.69, 9.17) is 27.6 Å². The third-order valence-corrected chi connectivity index (χ3v) is 5.02. The number of benzene rings is 1. The Morgan fingerprint density at radius 2 is 1.95 bits per heavy atom. The zero-order valence-corrected chi connectivity index (χ0v) is 12.3. The predicted molar refractivity (Wildman–Crippen MR) is 73.9 cm³/mol. The van der Waals surface area contributed by atoms with E-state index in [-0.39, 0.29) is 14.9 Å². The van der Waals surface area contributed by atoms with E-state index < -0.39 is 16.1 Å². The molecule has 19 heavy (non-hydrogen) atoms. The van der Waals surface area contributed by atoms with Gasteiger partial charge in [-0.15, -0.1) is 0 Å². The zero-order chi connectivity index (χ0) is 14.0. The predicted octanol–water partition coefficient (Wildman–Crippen LogP) is 3.63. The lowest BCUT2D eigenvalue weighted by Crippen LogP contribution is -2.26. The van der Waals surface area contributed by atoms with Gasteiger partial charge in [-0.05, 0) is 31.2 Å². The van der Waals surface area contributed by atoms with E-state index in [1.54, 1.807) is 19.1 Å². The summed E-state index contributed by atoms with van der Waals surface area (Å²) < 4.78 is 32.1. The molecule has 7 heteroatoms. The Morgan fingerprint density at radius 1 is 1.21 bits per heavy atom. The van der Waals surface area contributed by atoms with Crippen LogP contribution in [0.4, 0.5) is 0 Å². The van der Waals surface area contributed by atoms with Crippen molar-refractivity contribution in [1.29, 1.82) is 0 Å². The molecule has 1 heterocycles. The van der Waals surface area contributed by atoms with Gasteiger partial charge in [0.1, 0.15) is 10.7 Å². The summed E-state index contributed by atoms with van der Waals surface area (Å²) in [6, 6.07) is 7.32. The first-order chi connectivity index (χ1) is 8.92. The van der Waals surface area contributed by atoms with Crippen molar-refractivity contribution in [2.24, 2.45) is 0 Å². The fourth-order valence-electron chi connectivity index (χ4n) is 1.58. The summed E-state index contributed by atoms with van der Waals surface area (Å²) in [5.41, 5.74) is 0. The van der Waals surface area contributed by atoms with Crippen LogP contribution in [-0.2, 0) is 10.0 Å². The lowest BCUT2D eigenvalue weighted by atomic mass is 10.3. The van der Waals surface area contributed by atoms with Crippen molar-refractivity contribution < 1.29 is 12.8 Å². The molecular weight excluding hydrogens is 309 g/mol. The summed E-state index contributed by atoms with van der Waals surface area (Å²) in [5.74, 6) is 0.515. The first kappa shape index (κ1) is 14.4. The normalized spacial score (nSPS) is 13.4. The average Bonchev–Trinajstić information content (AvgIpc) is 2.85. The molecule has 0 fully saturated rings. The molecule has 1 N–H and O–H groups in total. The van der Waals surface area contributed by atoms with Gasteiger partial charge < -0.3 is 4.42 Å². The van der Waals surface area contributed by atoms with Crippen LogP contribution in [0.2, 0.25) is 10.0 Å². The second-order valence-corrected chi connectivity index (χ2v) is 6.38. The first-order valence-corrected chi connectivity index (χ1v) is 7.65. The third kappa shape index (κ3) is 3.12. The topological polar surface area (TPSA) is 59.3 Å². The van der Waals surface area contributed by atoms with Crippen LogP contribution in [0.1, 0.15) is 18.7 Å². The lowest BCUT2D eigenvalue weighted by Gasteiger charge is -2.13. The van der Waals surface area contributed by atoms with Crippen molar-refractivity contribution in [2.75, 3.05) is 0 Å². The zero-order valence-electron chi connectivity index (χ0n) is 9.93. The second-order valence-electron chi connectivity index (χ2n) is 3.91. The highest BCUT2D eigenvalue weighted by atomic mass is 35.5. The summed E-state index contributed by atoms with van der Waals surface area (Å²) >= 11 is 11.7. The smallest absolute Gasteiger partial charge is 0.242 e. The maximum atomic E-state index is 12.2. The summed E-state index contributed by atoms with van der Waals surface area (Å²) in [5, 5.41) is 0.193. The highest BCUT2D eigenvalue weighted by molar-refractivity contribution is 7.89. The minimum atomic E-state index is -3.77. The Morgan fingerprint density at radius 3 is 2.58 bits per heavy atom. The minimum absolute atomic E-state index is 0.00307. The van der Waals surface area contributed by atoms with E-state index in [1.165, 1.54) is 24.5 Å². The van der Waals surface area contributed by atoms with Crippen molar-refractivity contribution in [1.82, 2.24) is 4.72 Å². The first-order valence-electron chi connectivity index (χ1n) is 5.41. The molecule has 102 valence electrons. The van der Waals surface area contributed by atoms with Gasteiger partial charge in [0.25, 0.3) is 0 Å². The molecule has 2 aromatic rings. The van der Waals surface area contributed by atoms with Gasteiger partial charge in [0.05, 0.1) is 22.4 Å². The molecule has 0 saturated carbocycles. The molecule has 0 aliphatic heterocycles. The number of nitrogens with one attached hydrogen (secondary N) is 1. The molecule has 0 spiro atoms. The molecule has 0 aliphatic rings. The van der Waals surface area contributed by atoms with Gasteiger partial charge in [-0.25, -0.2) is 13.1 Å². The minimum Gasteiger partial charge on any atom is -0.468 e. The SMILES string of the molecule is C[C@@H](NS(=O)(=O)c1cccc(Cl)c1Cl)c1ccco1. The van der Waals surface area contributed by atoms with Gasteiger partial charge in [-0.1, -0.05) is 29.3 Å². The Kier molecular flexibility index (Phi) is 4.20. The highest BCUT2D eigenvalue weighted by Crippen LogP contribution is 2.29. The summed E-state index contributed by atoms with van der Waals surface area (Å²) in [7, 11) is -3.77. The van der Waals surface area contributed by atoms with Crippen molar-refractivity contribution in [2.45, 2.75) is 17.9 Å². The molecule has 0 amide bonds. The van der Waals surface area contributed by atoms with Gasteiger partial charge >= 0.3 is 0 Å². The van der Waals surface area contributed by atoms with Crippen LogP contribution in [0.25, 0.3) is 0 Å². The number of furan rings is 1. The number of hydrogen-bond acceptors (Lipinski definition) is 3. The molecule has 1 aromatic heterocycles. The summed E-state index contributed by atoms with van der Waals surface area (Å²) in [4.78, 5) is -0.0555. The van der Waals surface area contributed by atoms with Gasteiger partial charge in [-0.2, -0.15) is 0 Å². The molecule has 0 bridgehead atoms. The fourth-order valence-corrected chi connectivity index (χ4v) is 3.56. The van der Waals surface area contributed by atoms with Crippen LogP contribution in [0.3, 0.4) is 0 Å². The highest BCUT2D eigenvalue weighted by Gasteiger charge is 2.23. The molecule has 2 rings (SSSR count). The molecule has 1 aromatic carbocycles. The van der Waals surface area contributed by atoms with E-state index >= 15 is 0 Å². The maximum absolute atomic E-state index is 12.2. The summed E-state index contributed by atoms with van der Waals surface area (Å²) in [6.45, 7) is 1.68. The second kappa shape index (κ2) is 5.54. The fraction of sp³-hybridized carbons (Fsp3) is 0.167. The van der Waals surface area contributed by atoms with Crippen LogP contribution >= 0.6 is 23.2 Å². The van der Waals surface area contributed by atoms with Crippen LogP contribution in [0.15, 0.2) is 45.9 Å². The van der Waals surface area contributed by atoms with E-state index in [9.17, 15) is 8.42 Å². The quantitative estimate of drug-likeness (QED) is 0.936. The van der Waals surface area contributed by atoms with E-state index in [2.05, 4.69) is 4.72 Å². The van der Waals surface area contributed by atoms with Gasteiger partial charge in [0, 0.05) is 0 Å². The van der Waals surface area contributed by atoms with Crippen LogP contribution in [0.5, 0.6) is 0 Å². The van der Waals surface area contributed by atoms with Crippen molar-refractivity contribution >= 4 is 33.2 Å². The third-order valence-electron chi connectivity index (χ3n) is 2.51. The molecule has 1 atom stereocenters. The Balaban J connectivity index is 2.31. The molecule has 0 unspecified atom stereocenters. The number of rotatable bonds is 4. The van der Waals surface area contributed by atoms with Gasteiger partial charge in [0.15, 0.2) is 0 Å². The number of hydrogen-bond donors (Lipinski definition) is 1. The van der Waals surface area contributed by atoms with Crippen LogP contribution in [0, 0.1) is 0 Å². The molecule has 0 radical (unpaired) electrons. The summed E-state index contributed by atoms with van der Waals surface area (Å²) in [6.07, 6.45) is 1.48. The standard InChI is InChI=1S/C12H11Cl2NO3S/c1-8(10-5-3-7-18-10)15-19(16,17)11-6-2-4-9(13)12(11)14/h2-8,15H,1H3/t8-/m1/s1. The van der Waals surface area contributed by atoms with Crippen molar-refractivity contribution in [3.8, 4) is 0 Å². The number of sulfonamides is 1. The lowest BCUT2D eigenvalue weighted by molar-refractivity contribution is 0.459. The van der Waals surface area contributed by atoms with E-state index in [1.807, 2.05) is 0 Å². The van der Waals surface area contributed by atoms with E-state index in [0.717, 1.165) is 0 Å². The van der Waals surface area contributed by atoms with Crippen LogP contribution < -0.4 is 4.72 Å².